The number of amides is 1. The van der Waals surface area contributed by atoms with Crippen molar-refractivity contribution in [3.05, 3.63) is 80.5 Å². The topological polar surface area (TPSA) is 85.3 Å². The smallest absolute Gasteiger partial charge is 0.295 e. The van der Waals surface area contributed by atoms with E-state index < -0.39 is 17.7 Å². The van der Waals surface area contributed by atoms with Crippen molar-refractivity contribution in [2.75, 3.05) is 21.3 Å². The molecule has 1 saturated heterocycles. The van der Waals surface area contributed by atoms with E-state index in [0.717, 1.165) is 10.4 Å². The van der Waals surface area contributed by atoms with Gasteiger partial charge in [-0.25, -0.2) is 0 Å². The summed E-state index contributed by atoms with van der Waals surface area (Å²) in [5.41, 5.74) is 0.955. The van der Waals surface area contributed by atoms with Gasteiger partial charge in [0.2, 0.25) is 0 Å². The van der Waals surface area contributed by atoms with Crippen molar-refractivity contribution in [3.8, 4) is 17.2 Å². The van der Waals surface area contributed by atoms with E-state index in [9.17, 15) is 14.7 Å². The number of carbonyl (C=O) groups excluding carboxylic acids is 2. The van der Waals surface area contributed by atoms with Crippen molar-refractivity contribution in [2.45, 2.75) is 12.6 Å². The van der Waals surface area contributed by atoms with Crippen LogP contribution in [0.15, 0.2) is 59.5 Å². The predicted octanol–water partition coefficient (Wildman–Crippen LogP) is 5.05. The van der Waals surface area contributed by atoms with E-state index in [-0.39, 0.29) is 34.2 Å². The van der Waals surface area contributed by atoms with Crippen LogP contribution in [0.25, 0.3) is 5.76 Å². The maximum absolute atomic E-state index is 13.2. The number of likely N-dealkylation sites (tertiary alicyclic amines) is 1. The zero-order chi connectivity index (χ0) is 24.4. The average Bonchev–Trinajstić information content (AvgIpc) is 3.46. The van der Waals surface area contributed by atoms with Crippen LogP contribution in [-0.4, -0.2) is 43.0 Å². The molecule has 1 aliphatic rings. The molecule has 0 spiro atoms. The highest BCUT2D eigenvalue weighted by atomic mass is 35.5. The lowest BCUT2D eigenvalue weighted by atomic mass is 9.99. The number of halogens is 1. The number of ketones is 1. The predicted molar refractivity (Wildman–Crippen MR) is 130 cm³/mol. The number of rotatable bonds is 7. The van der Waals surface area contributed by atoms with E-state index in [1.54, 1.807) is 19.2 Å². The standard InChI is InChI=1S/C25H22ClNO6S/c1-31-15-7-4-6-14(10-15)13-27-22(20-8-5-9-34-20)21(24(29)25(27)30)23(28)16-11-19(33-3)17(26)12-18(16)32-2/h4-12,22,28H,13H2,1-3H3/b23-21+. The van der Waals surface area contributed by atoms with Crippen LogP contribution < -0.4 is 14.2 Å². The second kappa shape index (κ2) is 9.79. The van der Waals surface area contributed by atoms with Gasteiger partial charge in [-0.1, -0.05) is 29.8 Å². The molecule has 1 unspecified atom stereocenters. The molecule has 0 radical (unpaired) electrons. The average molecular weight is 500 g/mol. The Morgan fingerprint density at radius 3 is 2.44 bits per heavy atom. The second-order valence-electron chi connectivity index (χ2n) is 7.48. The van der Waals surface area contributed by atoms with Crippen LogP contribution in [0.3, 0.4) is 0 Å². The van der Waals surface area contributed by atoms with Gasteiger partial charge in [0.15, 0.2) is 0 Å². The summed E-state index contributed by atoms with van der Waals surface area (Å²) < 4.78 is 15.9. The van der Waals surface area contributed by atoms with E-state index in [4.69, 9.17) is 25.8 Å². The third-order valence-corrected chi connectivity index (χ3v) is 6.79. The van der Waals surface area contributed by atoms with Gasteiger partial charge in [0.05, 0.1) is 43.5 Å². The van der Waals surface area contributed by atoms with Gasteiger partial charge in [-0.05, 0) is 35.2 Å². The molecule has 1 aromatic heterocycles. The van der Waals surface area contributed by atoms with E-state index in [2.05, 4.69) is 0 Å². The number of aliphatic hydroxyl groups is 1. The molecule has 3 aromatic rings. The lowest BCUT2D eigenvalue weighted by molar-refractivity contribution is -0.140. The maximum atomic E-state index is 13.2. The monoisotopic (exact) mass is 499 g/mol. The summed E-state index contributed by atoms with van der Waals surface area (Å²) in [5.74, 6) is -0.677. The Hall–Kier alpha value is -3.49. The Morgan fingerprint density at radius 2 is 1.79 bits per heavy atom. The lowest BCUT2D eigenvalue weighted by Crippen LogP contribution is -2.28. The zero-order valence-electron chi connectivity index (χ0n) is 18.7. The summed E-state index contributed by atoms with van der Waals surface area (Å²) in [5, 5.41) is 13.5. The van der Waals surface area contributed by atoms with Crippen LogP contribution in [0.2, 0.25) is 5.02 Å². The van der Waals surface area contributed by atoms with Gasteiger partial charge in [-0.2, -0.15) is 0 Å². The molecule has 9 heteroatoms. The number of carbonyl (C=O) groups is 2. The molecule has 1 N–H and O–H groups in total. The number of hydrogen-bond donors (Lipinski definition) is 1. The highest BCUT2D eigenvalue weighted by Gasteiger charge is 2.46. The van der Waals surface area contributed by atoms with Gasteiger partial charge in [-0.15, -0.1) is 11.3 Å². The molecule has 0 aliphatic carbocycles. The van der Waals surface area contributed by atoms with Crippen molar-refractivity contribution in [1.29, 1.82) is 0 Å². The maximum Gasteiger partial charge on any atom is 0.295 e. The molecule has 176 valence electrons. The summed E-state index contributed by atoms with van der Waals surface area (Å²) in [7, 11) is 4.42. The number of Topliss-reactive ketones (excluding diaryl/α,β-unsaturated/α-hetero) is 1. The van der Waals surface area contributed by atoms with Crippen LogP contribution in [-0.2, 0) is 16.1 Å². The van der Waals surface area contributed by atoms with Gasteiger partial charge >= 0.3 is 0 Å². The molecule has 1 fully saturated rings. The summed E-state index contributed by atoms with van der Waals surface area (Å²) in [6.45, 7) is 0.155. The van der Waals surface area contributed by atoms with Crippen LogP contribution in [0, 0.1) is 0 Å². The molecule has 1 aliphatic heterocycles. The third kappa shape index (κ3) is 4.22. The van der Waals surface area contributed by atoms with Crippen LogP contribution in [0.5, 0.6) is 17.2 Å². The van der Waals surface area contributed by atoms with Gasteiger partial charge in [0.1, 0.15) is 23.0 Å². The first-order valence-corrected chi connectivity index (χ1v) is 11.5. The van der Waals surface area contributed by atoms with Crippen molar-refractivity contribution in [3.63, 3.8) is 0 Å². The van der Waals surface area contributed by atoms with E-state index in [1.807, 2.05) is 29.6 Å². The lowest BCUT2D eigenvalue weighted by Gasteiger charge is -2.24. The molecule has 2 aromatic carbocycles. The van der Waals surface area contributed by atoms with Gasteiger partial charge < -0.3 is 24.2 Å². The first kappa shape index (κ1) is 23.7. The molecule has 7 nitrogen and oxygen atoms in total. The van der Waals surface area contributed by atoms with Crippen molar-refractivity contribution < 1.29 is 28.9 Å². The normalized spacial score (nSPS) is 17.2. The molecule has 0 bridgehead atoms. The Labute approximate surface area is 205 Å². The molecule has 34 heavy (non-hydrogen) atoms. The van der Waals surface area contributed by atoms with Gasteiger partial charge in [-0.3, -0.25) is 9.59 Å². The zero-order valence-corrected chi connectivity index (χ0v) is 20.3. The number of methoxy groups -OCH3 is 3. The van der Waals surface area contributed by atoms with Gasteiger partial charge in [0.25, 0.3) is 11.7 Å². The Balaban J connectivity index is 1.87. The third-order valence-electron chi connectivity index (χ3n) is 5.57. The number of nitrogens with zero attached hydrogens (tertiary/aromatic N) is 1. The van der Waals surface area contributed by atoms with E-state index in [1.165, 1.54) is 42.6 Å². The minimum absolute atomic E-state index is 0.0296. The quantitative estimate of drug-likeness (QED) is 0.278. The minimum Gasteiger partial charge on any atom is -0.507 e. The number of aliphatic hydroxyl groups excluding tert-OH is 1. The fourth-order valence-corrected chi connectivity index (χ4v) is 5.02. The number of ether oxygens (including phenoxy) is 3. The number of hydrogen-bond acceptors (Lipinski definition) is 7. The Morgan fingerprint density at radius 1 is 1.03 bits per heavy atom. The molecule has 0 saturated carbocycles. The van der Waals surface area contributed by atoms with Crippen LogP contribution in [0.1, 0.15) is 22.0 Å². The molecular weight excluding hydrogens is 478 g/mol. The van der Waals surface area contributed by atoms with Crippen molar-refractivity contribution in [2.24, 2.45) is 0 Å². The SMILES string of the molecule is COc1cccc(CN2C(=O)C(=O)/C(=C(/O)c3cc(OC)c(Cl)cc3OC)C2c2cccs2)c1. The molecule has 1 amide bonds. The Kier molecular flexibility index (Phi) is 6.81. The minimum atomic E-state index is -0.783. The van der Waals surface area contributed by atoms with E-state index in [0.29, 0.717) is 11.5 Å². The molecule has 2 heterocycles. The summed E-state index contributed by atoms with van der Waals surface area (Å²) in [6.07, 6.45) is 0. The summed E-state index contributed by atoms with van der Waals surface area (Å²) >= 11 is 7.59. The first-order chi connectivity index (χ1) is 16.4. The van der Waals surface area contributed by atoms with Crippen molar-refractivity contribution in [1.82, 2.24) is 4.90 Å². The van der Waals surface area contributed by atoms with E-state index >= 15 is 0 Å². The first-order valence-electron chi connectivity index (χ1n) is 10.3. The van der Waals surface area contributed by atoms with Crippen LogP contribution in [0.4, 0.5) is 0 Å². The number of benzene rings is 2. The molecule has 4 rings (SSSR count). The summed E-state index contributed by atoms with van der Waals surface area (Å²) in [4.78, 5) is 28.6. The fraction of sp³-hybridized carbons (Fsp3) is 0.200. The molecule has 1 atom stereocenters. The van der Waals surface area contributed by atoms with Gasteiger partial charge in [0, 0.05) is 17.5 Å². The van der Waals surface area contributed by atoms with Crippen LogP contribution >= 0.6 is 22.9 Å². The second-order valence-corrected chi connectivity index (χ2v) is 8.87. The summed E-state index contributed by atoms with van der Waals surface area (Å²) in [6, 6.07) is 13.1. The van der Waals surface area contributed by atoms with Crippen molar-refractivity contribution >= 4 is 40.4 Å². The molecular formula is C25H22ClNO6S. The highest BCUT2D eigenvalue weighted by Crippen LogP contribution is 2.44. The largest absolute Gasteiger partial charge is 0.507 e. The number of thiophene rings is 1. The highest BCUT2D eigenvalue weighted by molar-refractivity contribution is 7.10. The Bertz CT molecular complexity index is 1270. The fourth-order valence-electron chi connectivity index (χ4n) is 3.94.